The molecule has 8 nitrogen and oxygen atoms in total. The van der Waals surface area contributed by atoms with Gasteiger partial charge in [0, 0.05) is 56.9 Å². The van der Waals surface area contributed by atoms with Gasteiger partial charge in [0.2, 0.25) is 5.91 Å². The molecule has 0 unspecified atom stereocenters. The van der Waals surface area contributed by atoms with Crippen molar-refractivity contribution < 1.29 is 4.79 Å². The maximum absolute atomic E-state index is 12.2. The first-order chi connectivity index (χ1) is 12.6. The van der Waals surface area contributed by atoms with Gasteiger partial charge in [-0.05, 0) is 13.1 Å². The molecule has 0 bridgehead atoms. The molecule has 2 aromatic heterocycles. The van der Waals surface area contributed by atoms with E-state index < -0.39 is 0 Å². The molecule has 1 amide bonds. The Kier molecular flexibility index (Phi) is 5.43. The number of pyridine rings is 1. The maximum atomic E-state index is 12.2. The van der Waals surface area contributed by atoms with Crippen LogP contribution in [0, 0.1) is 0 Å². The van der Waals surface area contributed by atoms with Crippen LogP contribution in [0.3, 0.4) is 0 Å². The van der Waals surface area contributed by atoms with Crippen LogP contribution in [0.5, 0.6) is 0 Å². The Labute approximate surface area is 151 Å². The zero-order chi connectivity index (χ0) is 18.5. The molecule has 8 heteroatoms. The Hall–Kier alpha value is -3.00. The van der Waals surface area contributed by atoms with Crippen molar-refractivity contribution in [2.45, 2.75) is 6.04 Å². The number of likely N-dealkylation sites (tertiary alicyclic amines) is 1. The molecule has 1 aliphatic heterocycles. The lowest BCUT2D eigenvalue weighted by molar-refractivity contribution is -0.130. The van der Waals surface area contributed by atoms with E-state index in [1.807, 2.05) is 19.0 Å². The molecule has 0 atom stereocenters. The number of aromatic amines is 1. The van der Waals surface area contributed by atoms with Gasteiger partial charge in [-0.2, -0.15) is 0 Å². The highest BCUT2D eigenvalue weighted by molar-refractivity contribution is 5.88. The fourth-order valence-corrected chi connectivity index (χ4v) is 2.79. The van der Waals surface area contributed by atoms with Crippen LogP contribution in [0.4, 0.5) is 5.69 Å². The highest BCUT2D eigenvalue weighted by Crippen LogP contribution is 2.22. The summed E-state index contributed by atoms with van der Waals surface area (Å²) < 4.78 is 0. The molecule has 3 rings (SSSR count). The SMILES string of the molecule is CNCC=CC(=O)N1CC(N(C)c2cc(-c3cnccn3)c[nH]c2=O)C1. The number of aromatic nitrogens is 3. The number of amides is 1. The van der Waals surface area contributed by atoms with Crippen molar-refractivity contribution in [3.8, 4) is 11.3 Å². The summed E-state index contributed by atoms with van der Waals surface area (Å²) in [5.74, 6) is -0.00730. The fraction of sp³-hybridized carbons (Fsp3) is 0.333. The van der Waals surface area contributed by atoms with Gasteiger partial charge in [0.15, 0.2) is 0 Å². The highest BCUT2D eigenvalue weighted by atomic mass is 16.2. The molecular formula is C18H22N6O2. The monoisotopic (exact) mass is 354 g/mol. The predicted octanol–water partition coefficient (Wildman–Crippen LogP) is 0.254. The standard InChI is InChI=1S/C18H22N6O2/c1-19-5-3-4-17(25)24-11-14(12-24)23(2)16-8-13(9-22-18(16)26)15-10-20-6-7-21-15/h3-4,6-10,14,19H,5,11-12H2,1-2H3,(H,22,26). The first-order valence-electron chi connectivity index (χ1n) is 8.42. The third kappa shape index (κ3) is 3.80. The van der Waals surface area contributed by atoms with Crippen molar-refractivity contribution in [1.29, 1.82) is 0 Å². The average Bonchev–Trinajstić information content (AvgIpc) is 2.61. The number of likely N-dealkylation sites (N-methyl/N-ethyl adjacent to an activating group) is 2. The van der Waals surface area contributed by atoms with Crippen LogP contribution >= 0.6 is 0 Å². The first-order valence-corrected chi connectivity index (χ1v) is 8.42. The van der Waals surface area contributed by atoms with E-state index in [2.05, 4.69) is 20.3 Å². The Morgan fingerprint density at radius 3 is 2.96 bits per heavy atom. The lowest BCUT2D eigenvalue weighted by atomic mass is 10.1. The minimum Gasteiger partial charge on any atom is -0.364 e. The van der Waals surface area contributed by atoms with Crippen molar-refractivity contribution in [3.63, 3.8) is 0 Å². The Morgan fingerprint density at radius 2 is 2.27 bits per heavy atom. The molecule has 0 radical (unpaired) electrons. The van der Waals surface area contributed by atoms with Gasteiger partial charge < -0.3 is 20.1 Å². The van der Waals surface area contributed by atoms with Crippen molar-refractivity contribution >= 4 is 11.6 Å². The van der Waals surface area contributed by atoms with E-state index in [9.17, 15) is 9.59 Å². The van der Waals surface area contributed by atoms with Gasteiger partial charge >= 0.3 is 0 Å². The normalized spacial score (nSPS) is 14.5. The number of H-pyrrole nitrogens is 1. The molecule has 2 N–H and O–H groups in total. The molecule has 0 aromatic carbocycles. The van der Waals surface area contributed by atoms with E-state index >= 15 is 0 Å². The van der Waals surface area contributed by atoms with E-state index in [-0.39, 0.29) is 17.5 Å². The zero-order valence-corrected chi connectivity index (χ0v) is 14.8. The van der Waals surface area contributed by atoms with Gasteiger partial charge in [-0.25, -0.2) is 0 Å². The molecular weight excluding hydrogens is 332 g/mol. The van der Waals surface area contributed by atoms with Gasteiger partial charge in [-0.15, -0.1) is 0 Å². The van der Waals surface area contributed by atoms with Gasteiger partial charge in [-0.3, -0.25) is 19.6 Å². The minimum atomic E-state index is -0.168. The lowest BCUT2D eigenvalue weighted by Crippen LogP contribution is -2.60. The van der Waals surface area contributed by atoms with E-state index in [1.165, 1.54) is 0 Å². The number of rotatable bonds is 6. The fourth-order valence-electron chi connectivity index (χ4n) is 2.79. The quantitative estimate of drug-likeness (QED) is 0.723. The number of hydrogen-bond donors (Lipinski definition) is 2. The summed E-state index contributed by atoms with van der Waals surface area (Å²) in [6, 6.07) is 1.91. The molecule has 2 aromatic rings. The number of carbonyl (C=O) groups excluding carboxylic acids is 1. The second-order valence-corrected chi connectivity index (χ2v) is 6.16. The molecule has 1 saturated heterocycles. The number of anilines is 1. The Balaban J connectivity index is 1.69. The summed E-state index contributed by atoms with van der Waals surface area (Å²) in [5, 5.41) is 2.96. The third-order valence-electron chi connectivity index (χ3n) is 4.43. The molecule has 0 saturated carbocycles. The van der Waals surface area contributed by atoms with E-state index in [0.29, 0.717) is 31.0 Å². The molecule has 0 aliphatic carbocycles. The van der Waals surface area contributed by atoms with Crippen LogP contribution in [0.15, 0.2) is 47.8 Å². The number of hydrogen-bond acceptors (Lipinski definition) is 6. The topological polar surface area (TPSA) is 94.2 Å². The molecule has 26 heavy (non-hydrogen) atoms. The van der Waals surface area contributed by atoms with Gasteiger partial charge in [-0.1, -0.05) is 6.08 Å². The second kappa shape index (κ2) is 7.92. The predicted molar refractivity (Wildman–Crippen MR) is 99.9 cm³/mol. The van der Waals surface area contributed by atoms with Crippen LogP contribution < -0.4 is 15.8 Å². The van der Waals surface area contributed by atoms with Crippen LogP contribution in [0.2, 0.25) is 0 Å². The summed E-state index contributed by atoms with van der Waals surface area (Å²) in [7, 11) is 3.70. The smallest absolute Gasteiger partial charge is 0.271 e. The summed E-state index contributed by atoms with van der Waals surface area (Å²) in [4.78, 5) is 39.0. The zero-order valence-electron chi connectivity index (χ0n) is 14.8. The van der Waals surface area contributed by atoms with Crippen molar-refractivity contribution in [1.82, 2.24) is 25.2 Å². The third-order valence-corrected chi connectivity index (χ3v) is 4.43. The molecule has 0 spiro atoms. The van der Waals surface area contributed by atoms with Crippen molar-refractivity contribution in [2.24, 2.45) is 0 Å². The Morgan fingerprint density at radius 1 is 1.46 bits per heavy atom. The van der Waals surface area contributed by atoms with Crippen molar-refractivity contribution in [2.75, 3.05) is 38.6 Å². The van der Waals surface area contributed by atoms with E-state index in [0.717, 1.165) is 5.56 Å². The Bertz CT molecular complexity index is 842. The molecule has 1 aliphatic rings. The van der Waals surface area contributed by atoms with Crippen LogP contribution in [-0.2, 0) is 4.79 Å². The van der Waals surface area contributed by atoms with Gasteiger partial charge in [0.1, 0.15) is 5.69 Å². The average molecular weight is 354 g/mol. The summed E-state index contributed by atoms with van der Waals surface area (Å²) in [6.07, 6.45) is 9.88. The van der Waals surface area contributed by atoms with E-state index in [1.54, 1.807) is 47.9 Å². The van der Waals surface area contributed by atoms with Crippen LogP contribution in [0.1, 0.15) is 0 Å². The van der Waals surface area contributed by atoms with Gasteiger partial charge in [0.25, 0.3) is 5.56 Å². The molecule has 3 heterocycles. The molecule has 1 fully saturated rings. The highest BCUT2D eigenvalue weighted by Gasteiger charge is 2.33. The largest absolute Gasteiger partial charge is 0.364 e. The van der Waals surface area contributed by atoms with Crippen LogP contribution in [0.25, 0.3) is 11.3 Å². The van der Waals surface area contributed by atoms with Crippen molar-refractivity contribution in [3.05, 3.63) is 53.4 Å². The number of carbonyl (C=O) groups is 1. The van der Waals surface area contributed by atoms with Gasteiger partial charge in [0.05, 0.1) is 17.9 Å². The first kappa shape index (κ1) is 17.8. The number of nitrogens with one attached hydrogen (secondary N) is 2. The lowest BCUT2D eigenvalue weighted by Gasteiger charge is -2.44. The second-order valence-electron chi connectivity index (χ2n) is 6.16. The minimum absolute atomic E-state index is 0.00730. The number of nitrogens with zero attached hydrogens (tertiary/aromatic N) is 4. The summed E-state index contributed by atoms with van der Waals surface area (Å²) in [5.41, 5.74) is 1.87. The van der Waals surface area contributed by atoms with E-state index in [4.69, 9.17) is 0 Å². The van der Waals surface area contributed by atoms with Crippen LogP contribution in [-0.4, -0.2) is 65.5 Å². The maximum Gasteiger partial charge on any atom is 0.271 e. The summed E-state index contributed by atoms with van der Waals surface area (Å²) in [6.45, 7) is 1.84. The summed E-state index contributed by atoms with van der Waals surface area (Å²) >= 11 is 0. The molecule has 136 valence electrons.